The number of nitrogens with one attached hydrogen (secondary N) is 2. The number of benzene rings is 1. The van der Waals surface area contributed by atoms with Gasteiger partial charge < -0.3 is 5.32 Å². The quantitative estimate of drug-likeness (QED) is 0.573. The fourth-order valence-corrected chi connectivity index (χ4v) is 3.90. The first kappa shape index (κ1) is 17.8. The van der Waals surface area contributed by atoms with E-state index in [1.807, 2.05) is 0 Å². The Labute approximate surface area is 136 Å². The molecular formula is C14H22N4O4S. The SMILES string of the molecule is Cc1cc([N+](=O)[O-])cc(S(=O)(=O)NCCN2CCNCC2)c1C. The first-order valence-corrected chi connectivity index (χ1v) is 8.98. The minimum atomic E-state index is -3.77. The van der Waals surface area contributed by atoms with E-state index in [-0.39, 0.29) is 17.1 Å². The molecule has 1 aliphatic heterocycles. The fraction of sp³-hybridized carbons (Fsp3) is 0.571. The third-order valence-electron chi connectivity index (χ3n) is 4.03. The van der Waals surface area contributed by atoms with Crippen molar-refractivity contribution in [1.29, 1.82) is 0 Å². The topological polar surface area (TPSA) is 105 Å². The number of nitrogens with zero attached hydrogens (tertiary/aromatic N) is 2. The highest BCUT2D eigenvalue weighted by molar-refractivity contribution is 7.89. The minimum Gasteiger partial charge on any atom is -0.314 e. The van der Waals surface area contributed by atoms with Gasteiger partial charge >= 0.3 is 0 Å². The molecule has 0 bridgehead atoms. The second-order valence-electron chi connectivity index (χ2n) is 5.63. The molecule has 1 aliphatic rings. The summed E-state index contributed by atoms with van der Waals surface area (Å²) in [5, 5.41) is 14.2. The van der Waals surface area contributed by atoms with Gasteiger partial charge in [-0.2, -0.15) is 0 Å². The maximum atomic E-state index is 12.5. The molecule has 9 heteroatoms. The van der Waals surface area contributed by atoms with E-state index in [0.29, 0.717) is 17.7 Å². The van der Waals surface area contributed by atoms with Crippen LogP contribution in [-0.4, -0.2) is 57.5 Å². The van der Waals surface area contributed by atoms with Gasteiger partial charge in [0, 0.05) is 51.4 Å². The second kappa shape index (κ2) is 7.35. The zero-order valence-electron chi connectivity index (χ0n) is 13.3. The van der Waals surface area contributed by atoms with E-state index in [1.54, 1.807) is 13.8 Å². The van der Waals surface area contributed by atoms with E-state index in [0.717, 1.165) is 32.2 Å². The monoisotopic (exact) mass is 342 g/mol. The van der Waals surface area contributed by atoms with Crippen molar-refractivity contribution in [3.63, 3.8) is 0 Å². The van der Waals surface area contributed by atoms with Gasteiger partial charge in [0.1, 0.15) is 0 Å². The molecule has 8 nitrogen and oxygen atoms in total. The number of non-ortho nitro benzene ring substituents is 1. The van der Waals surface area contributed by atoms with E-state index >= 15 is 0 Å². The summed E-state index contributed by atoms with van der Waals surface area (Å²) in [7, 11) is -3.77. The van der Waals surface area contributed by atoms with Gasteiger partial charge in [-0.25, -0.2) is 13.1 Å². The van der Waals surface area contributed by atoms with E-state index in [9.17, 15) is 18.5 Å². The van der Waals surface area contributed by atoms with Crippen LogP contribution in [0.5, 0.6) is 0 Å². The molecule has 23 heavy (non-hydrogen) atoms. The minimum absolute atomic E-state index is 0.0236. The van der Waals surface area contributed by atoms with Crippen molar-refractivity contribution in [3.8, 4) is 0 Å². The lowest BCUT2D eigenvalue weighted by Crippen LogP contribution is -2.46. The molecule has 0 spiro atoms. The molecule has 128 valence electrons. The standard InChI is InChI=1S/C14H22N4O4S/c1-11-9-13(18(19)20)10-14(12(11)2)23(21,22)16-5-8-17-6-3-15-4-7-17/h9-10,15-16H,3-8H2,1-2H3. The van der Waals surface area contributed by atoms with Crippen molar-refractivity contribution in [2.45, 2.75) is 18.7 Å². The van der Waals surface area contributed by atoms with Crippen LogP contribution in [0, 0.1) is 24.0 Å². The number of aryl methyl sites for hydroxylation is 1. The first-order chi connectivity index (χ1) is 10.8. The van der Waals surface area contributed by atoms with Crippen molar-refractivity contribution < 1.29 is 13.3 Å². The number of hydrogen-bond donors (Lipinski definition) is 2. The molecule has 1 saturated heterocycles. The van der Waals surface area contributed by atoms with Gasteiger partial charge in [0.05, 0.1) is 9.82 Å². The summed E-state index contributed by atoms with van der Waals surface area (Å²) in [6.45, 7) is 7.79. The Morgan fingerprint density at radius 3 is 2.57 bits per heavy atom. The van der Waals surface area contributed by atoms with Crippen molar-refractivity contribution in [3.05, 3.63) is 33.4 Å². The third kappa shape index (κ3) is 4.47. The van der Waals surface area contributed by atoms with Gasteiger partial charge in [-0.15, -0.1) is 0 Å². The summed E-state index contributed by atoms with van der Waals surface area (Å²) >= 11 is 0. The molecule has 0 aromatic heterocycles. The summed E-state index contributed by atoms with van der Waals surface area (Å²) in [6.07, 6.45) is 0. The maximum Gasteiger partial charge on any atom is 0.271 e. The van der Waals surface area contributed by atoms with Crippen molar-refractivity contribution in [1.82, 2.24) is 14.9 Å². The van der Waals surface area contributed by atoms with Crippen molar-refractivity contribution >= 4 is 15.7 Å². The van der Waals surface area contributed by atoms with Crippen LogP contribution >= 0.6 is 0 Å². The van der Waals surface area contributed by atoms with Gasteiger partial charge in [0.25, 0.3) is 5.69 Å². The molecule has 2 rings (SSSR count). The van der Waals surface area contributed by atoms with Crippen molar-refractivity contribution in [2.24, 2.45) is 0 Å². The molecule has 1 aromatic rings. The number of hydrogen-bond acceptors (Lipinski definition) is 6. The Hall–Kier alpha value is -1.55. The Morgan fingerprint density at radius 2 is 1.96 bits per heavy atom. The number of nitro benzene ring substituents is 1. The predicted octanol–water partition coefficient (Wildman–Crippen LogP) is 0.395. The maximum absolute atomic E-state index is 12.5. The predicted molar refractivity (Wildman–Crippen MR) is 87.1 cm³/mol. The molecule has 1 heterocycles. The van der Waals surface area contributed by atoms with E-state index in [2.05, 4.69) is 14.9 Å². The largest absolute Gasteiger partial charge is 0.314 e. The van der Waals surface area contributed by atoms with Gasteiger partial charge in [0.2, 0.25) is 10.0 Å². The Morgan fingerprint density at radius 1 is 1.30 bits per heavy atom. The van der Waals surface area contributed by atoms with E-state index in [1.165, 1.54) is 6.07 Å². The molecule has 2 N–H and O–H groups in total. The van der Waals surface area contributed by atoms with Gasteiger partial charge in [-0.1, -0.05) is 0 Å². The summed E-state index contributed by atoms with van der Waals surface area (Å²) in [4.78, 5) is 12.5. The normalized spacial score (nSPS) is 16.4. The Balaban J connectivity index is 2.10. The van der Waals surface area contributed by atoms with Crippen LogP contribution in [0.1, 0.15) is 11.1 Å². The third-order valence-corrected chi connectivity index (χ3v) is 5.62. The summed E-state index contributed by atoms with van der Waals surface area (Å²) in [5.74, 6) is 0. The zero-order chi connectivity index (χ0) is 17.0. The van der Waals surface area contributed by atoms with Gasteiger partial charge in [-0.05, 0) is 25.0 Å². The molecule has 1 fully saturated rings. The van der Waals surface area contributed by atoms with Gasteiger partial charge in [-0.3, -0.25) is 15.0 Å². The lowest BCUT2D eigenvalue weighted by molar-refractivity contribution is -0.385. The zero-order valence-corrected chi connectivity index (χ0v) is 14.1. The highest BCUT2D eigenvalue weighted by atomic mass is 32.2. The lowest BCUT2D eigenvalue weighted by Gasteiger charge is -2.27. The Kier molecular flexibility index (Phi) is 5.69. The lowest BCUT2D eigenvalue weighted by atomic mass is 10.1. The van der Waals surface area contributed by atoms with E-state index < -0.39 is 14.9 Å². The highest BCUT2D eigenvalue weighted by Crippen LogP contribution is 2.25. The molecule has 0 atom stereocenters. The van der Waals surface area contributed by atoms with Crippen molar-refractivity contribution in [2.75, 3.05) is 39.3 Å². The average Bonchev–Trinajstić information content (AvgIpc) is 2.50. The molecule has 0 saturated carbocycles. The summed E-state index contributed by atoms with van der Waals surface area (Å²) in [5.41, 5.74) is 0.905. The summed E-state index contributed by atoms with van der Waals surface area (Å²) < 4.78 is 27.5. The molecule has 0 aliphatic carbocycles. The van der Waals surface area contributed by atoms with Crippen LogP contribution in [-0.2, 0) is 10.0 Å². The number of piperazine rings is 1. The fourth-order valence-electron chi connectivity index (χ4n) is 2.54. The molecule has 0 unspecified atom stereocenters. The number of rotatable bonds is 6. The molecule has 0 radical (unpaired) electrons. The Bertz CT molecular complexity index is 684. The molecule has 0 amide bonds. The number of sulfonamides is 1. The molecule has 1 aromatic carbocycles. The van der Waals surface area contributed by atoms with Crippen LogP contribution in [0.4, 0.5) is 5.69 Å². The van der Waals surface area contributed by atoms with Crippen LogP contribution in [0.2, 0.25) is 0 Å². The molecular weight excluding hydrogens is 320 g/mol. The highest BCUT2D eigenvalue weighted by Gasteiger charge is 2.22. The van der Waals surface area contributed by atoms with Crippen LogP contribution in [0.25, 0.3) is 0 Å². The first-order valence-electron chi connectivity index (χ1n) is 7.49. The smallest absolute Gasteiger partial charge is 0.271 e. The summed E-state index contributed by atoms with van der Waals surface area (Å²) in [6, 6.07) is 2.50. The van der Waals surface area contributed by atoms with Crippen LogP contribution in [0.3, 0.4) is 0 Å². The second-order valence-corrected chi connectivity index (χ2v) is 7.37. The number of nitro groups is 1. The van der Waals surface area contributed by atoms with Gasteiger partial charge in [0.15, 0.2) is 0 Å². The van der Waals surface area contributed by atoms with Crippen LogP contribution < -0.4 is 10.0 Å². The van der Waals surface area contributed by atoms with Crippen LogP contribution in [0.15, 0.2) is 17.0 Å². The van der Waals surface area contributed by atoms with E-state index in [4.69, 9.17) is 0 Å². The average molecular weight is 342 g/mol.